The van der Waals surface area contributed by atoms with Gasteiger partial charge in [0.2, 0.25) is 18.0 Å². The molecule has 64 heavy (non-hydrogen) atoms. The topological polar surface area (TPSA) is 184 Å². The van der Waals surface area contributed by atoms with Gasteiger partial charge in [-0.05, 0) is 61.1 Å². The van der Waals surface area contributed by atoms with E-state index in [0.29, 0.717) is 31.0 Å². The van der Waals surface area contributed by atoms with Crippen LogP contribution >= 0.6 is 7.82 Å². The zero-order valence-corrected chi connectivity index (χ0v) is 37.3. The smallest absolute Gasteiger partial charge is 0.451 e. The number of rotatable bonds is 19. The van der Waals surface area contributed by atoms with E-state index >= 15 is 0 Å². The fourth-order valence-electron chi connectivity index (χ4n) is 7.88. The first-order valence-electron chi connectivity index (χ1n) is 20.8. The van der Waals surface area contributed by atoms with Crippen LogP contribution in [0.25, 0.3) is 0 Å². The number of amides is 2. The Hall–Kier alpha value is -5.74. The molecule has 1 aromatic heterocycles. The van der Waals surface area contributed by atoms with Crippen molar-refractivity contribution in [2.75, 3.05) is 19.9 Å². The number of ether oxygens (including phenoxy) is 2. The minimum Gasteiger partial charge on any atom is -0.451 e. The van der Waals surface area contributed by atoms with E-state index in [-0.39, 0.29) is 50.1 Å². The van der Waals surface area contributed by atoms with Gasteiger partial charge in [-0.2, -0.15) is 0 Å². The summed E-state index contributed by atoms with van der Waals surface area (Å²) < 4.78 is 72.0. The molecule has 0 radical (unpaired) electrons. The van der Waals surface area contributed by atoms with Crippen molar-refractivity contribution in [3.63, 3.8) is 0 Å². The van der Waals surface area contributed by atoms with Crippen molar-refractivity contribution in [1.82, 2.24) is 14.8 Å². The fourth-order valence-corrected chi connectivity index (χ4v) is 9.22. The van der Waals surface area contributed by atoms with Crippen molar-refractivity contribution in [3.8, 4) is 5.75 Å². The van der Waals surface area contributed by atoms with Gasteiger partial charge in [0, 0.05) is 37.0 Å². The number of hydrogen-bond donors (Lipinski definition) is 2. The van der Waals surface area contributed by atoms with Gasteiger partial charge in [0.15, 0.2) is 5.69 Å². The number of nitrogens with zero attached hydrogens (tertiary/aromatic N) is 3. The molecule has 18 heteroatoms. The fraction of sp³-hybridized carbons (Fsp3) is 0.413. The molecule has 6 rings (SSSR count). The van der Waals surface area contributed by atoms with E-state index in [1.165, 1.54) is 10.8 Å². The molecule has 3 aromatic carbocycles. The van der Waals surface area contributed by atoms with Gasteiger partial charge in [0.05, 0.1) is 38.0 Å². The first-order valence-corrected chi connectivity index (χ1v) is 22.3. The molecule has 342 valence electrons. The Kier molecular flexibility index (Phi) is 15.2. The number of carbonyl (C=O) groups excluding carboxylic acids is 3. The third-order valence-electron chi connectivity index (χ3n) is 11.5. The highest BCUT2D eigenvalue weighted by atomic mass is 31.2. The van der Waals surface area contributed by atoms with Crippen molar-refractivity contribution in [1.29, 1.82) is 0 Å². The van der Waals surface area contributed by atoms with Crippen LogP contribution in [0.5, 0.6) is 5.75 Å². The van der Waals surface area contributed by atoms with Crippen LogP contribution in [-0.2, 0) is 47.4 Å². The highest BCUT2D eigenvalue weighted by molar-refractivity contribution is 7.48. The molecule has 0 aliphatic carbocycles. The Balaban J connectivity index is 1.21. The number of oxime groups is 1. The van der Waals surface area contributed by atoms with Gasteiger partial charge in [-0.3, -0.25) is 32.7 Å². The van der Waals surface area contributed by atoms with Gasteiger partial charge in [-0.1, -0.05) is 92.7 Å². The number of nitrogens with one attached hydrogen (secondary N) is 1. The normalized spacial score (nSPS) is 18.8. The molecule has 1 fully saturated rings. The first kappa shape index (κ1) is 47.7. The van der Waals surface area contributed by atoms with Gasteiger partial charge in [-0.25, -0.2) is 13.3 Å². The zero-order valence-electron chi connectivity index (χ0n) is 36.4. The number of pyridine rings is 1. The molecular weight excluding hydrogens is 853 g/mol. The van der Waals surface area contributed by atoms with Crippen molar-refractivity contribution in [2.45, 2.75) is 92.1 Å². The maximum Gasteiger partial charge on any atom is 0.475 e. The van der Waals surface area contributed by atoms with Crippen LogP contribution in [0.3, 0.4) is 0 Å². The van der Waals surface area contributed by atoms with Crippen LogP contribution < -0.4 is 15.5 Å². The molecular formula is C46H53F2N4O11P. The van der Waals surface area contributed by atoms with E-state index in [2.05, 4.69) is 10.5 Å². The van der Waals surface area contributed by atoms with Crippen LogP contribution in [0.4, 0.5) is 8.78 Å². The van der Waals surface area contributed by atoms with Crippen LogP contribution in [-0.4, -0.2) is 64.2 Å². The predicted molar refractivity (Wildman–Crippen MR) is 231 cm³/mol. The van der Waals surface area contributed by atoms with Crippen LogP contribution in [0.2, 0.25) is 0 Å². The van der Waals surface area contributed by atoms with Gasteiger partial charge < -0.3 is 29.5 Å². The molecule has 0 spiro atoms. The molecule has 1 saturated heterocycles. The average Bonchev–Trinajstić information content (AvgIpc) is 3.38. The number of phosphoric acid groups is 1. The Bertz CT molecular complexity index is 2420. The molecule has 4 aromatic rings. The monoisotopic (exact) mass is 906 g/mol. The molecule has 15 nitrogen and oxygen atoms in total. The Morgan fingerprint density at radius 3 is 2.23 bits per heavy atom. The second-order valence-corrected chi connectivity index (χ2v) is 18.9. The summed E-state index contributed by atoms with van der Waals surface area (Å²) >= 11 is 0. The molecule has 0 unspecified atom stereocenters. The number of benzene rings is 3. The minimum atomic E-state index is -4.18. The summed E-state index contributed by atoms with van der Waals surface area (Å²) in [6.07, 6.45) is 2.44. The summed E-state index contributed by atoms with van der Waals surface area (Å²) in [6, 6.07) is 20.1. The highest BCUT2D eigenvalue weighted by Gasteiger charge is 2.48. The van der Waals surface area contributed by atoms with Crippen molar-refractivity contribution < 1.29 is 56.0 Å². The molecule has 2 amide bonds. The van der Waals surface area contributed by atoms with Crippen molar-refractivity contribution in [2.24, 2.45) is 16.0 Å². The summed E-state index contributed by atoms with van der Waals surface area (Å²) in [5.74, 6) is -4.54. The van der Waals surface area contributed by atoms with Gasteiger partial charge in [0.25, 0.3) is 11.8 Å². The van der Waals surface area contributed by atoms with E-state index in [4.69, 9.17) is 23.0 Å². The van der Waals surface area contributed by atoms with E-state index in [0.717, 1.165) is 23.3 Å². The number of carbonyl (C=O) groups is 3. The number of hydrogen-bond acceptors (Lipinski definition) is 12. The van der Waals surface area contributed by atoms with Crippen LogP contribution in [0, 0.1) is 22.5 Å². The Morgan fingerprint density at radius 2 is 1.62 bits per heavy atom. The average molecular weight is 907 g/mol. The lowest BCUT2D eigenvalue weighted by molar-refractivity contribution is -0.153. The van der Waals surface area contributed by atoms with E-state index in [1.54, 1.807) is 49.9 Å². The van der Waals surface area contributed by atoms with Gasteiger partial charge in [0.1, 0.15) is 17.2 Å². The van der Waals surface area contributed by atoms with Crippen LogP contribution in [0.1, 0.15) is 104 Å². The Labute approximate surface area is 369 Å². The van der Waals surface area contributed by atoms with E-state index < -0.39 is 84.2 Å². The van der Waals surface area contributed by atoms with Gasteiger partial charge in [-0.15, -0.1) is 0 Å². The number of phosphoric ester groups is 1. The summed E-state index contributed by atoms with van der Waals surface area (Å²) in [5.41, 5.74) is -1.42. The third-order valence-corrected chi connectivity index (χ3v) is 12.8. The minimum absolute atomic E-state index is 0.0401. The van der Waals surface area contributed by atoms with E-state index in [1.807, 2.05) is 50.2 Å². The third kappa shape index (κ3) is 11.7. The van der Waals surface area contributed by atoms with Crippen molar-refractivity contribution in [3.05, 3.63) is 135 Å². The quantitative estimate of drug-likeness (QED) is 0.0230. The number of aromatic nitrogens is 1. The summed E-state index contributed by atoms with van der Waals surface area (Å²) in [5, 5.41) is 15.5. The molecule has 2 aliphatic rings. The predicted octanol–water partition coefficient (Wildman–Crippen LogP) is 8.34. The lowest BCUT2D eigenvalue weighted by Gasteiger charge is -2.43. The second-order valence-electron chi connectivity index (χ2n) is 17.3. The number of fused-ring (bicyclic) bond motifs is 4. The lowest BCUT2D eigenvalue weighted by Crippen LogP contribution is -2.50. The van der Waals surface area contributed by atoms with Crippen molar-refractivity contribution >= 4 is 31.3 Å². The van der Waals surface area contributed by atoms with Crippen LogP contribution in [0.15, 0.2) is 95.0 Å². The maximum atomic E-state index is 14.5. The number of halogens is 2. The molecule has 0 saturated carbocycles. The number of esters is 1. The molecule has 2 aliphatic heterocycles. The standard InChI is InChI=1S/C46H53F2N4O11P/c1-30(50-57)21-46(5)19-18-31(2)51-25-38(46)52-24-36(43(55)49-23-34-16-17-35(47)20-37(34)48)41(54)42(40(52)44(51)56)60-29-59-39(53)22-45(3,4)28-63-64(58,61-26-32-12-8-6-9-13-32)62-27-33-14-10-7-11-15-33/h6-17,20,24,31,38,57H,18-19,21-23,25-29H2,1-5H3,(H,49,55)/b50-30-/t31-,38+,46+/m0/s1. The molecule has 3 atom stereocenters. The first-order chi connectivity index (χ1) is 30.4. The largest absolute Gasteiger partial charge is 0.475 e. The highest BCUT2D eigenvalue weighted by Crippen LogP contribution is 2.52. The zero-order chi connectivity index (χ0) is 46.2. The SMILES string of the molecule is C/C(C[C@@]1(C)CC[C@H](C)N2C[C@H]1n1cc(C(=O)NCc3ccc(F)cc3F)c(=O)c(OCOC(=O)CC(C)(C)COP(=O)(OCc3ccccc3)OCc3ccccc3)c1C2=O)=N/O. The summed E-state index contributed by atoms with van der Waals surface area (Å²) in [6.45, 7) is 7.42. The van der Waals surface area contributed by atoms with E-state index in [9.17, 15) is 37.7 Å². The molecule has 3 heterocycles. The summed E-state index contributed by atoms with van der Waals surface area (Å²) in [7, 11) is -4.18. The maximum absolute atomic E-state index is 14.5. The molecule has 2 bridgehead atoms. The second kappa shape index (κ2) is 20.4. The Morgan fingerprint density at radius 1 is 0.984 bits per heavy atom. The van der Waals surface area contributed by atoms with Gasteiger partial charge >= 0.3 is 13.8 Å². The summed E-state index contributed by atoms with van der Waals surface area (Å²) in [4.78, 5) is 57.3. The lowest BCUT2D eigenvalue weighted by atomic mass is 9.74. The molecule has 2 N–H and O–H groups in total.